The minimum absolute atomic E-state index is 0.0575. The first-order valence-corrected chi connectivity index (χ1v) is 10.5. The molecule has 0 bridgehead atoms. The first-order chi connectivity index (χ1) is 15.4. The zero-order valence-corrected chi connectivity index (χ0v) is 18.1. The largest absolute Gasteiger partial charge is 0.506 e. The second-order valence-electron chi connectivity index (χ2n) is 8.13. The predicted molar refractivity (Wildman–Crippen MR) is 129 cm³/mol. The van der Waals surface area contributed by atoms with Crippen molar-refractivity contribution in [2.45, 2.75) is 26.3 Å². The van der Waals surface area contributed by atoms with Gasteiger partial charge in [0.15, 0.2) is 0 Å². The van der Waals surface area contributed by atoms with Gasteiger partial charge in [-0.25, -0.2) is 5.43 Å². The Morgan fingerprint density at radius 2 is 1.88 bits per heavy atom. The van der Waals surface area contributed by atoms with Crippen LogP contribution in [-0.4, -0.2) is 21.8 Å². The van der Waals surface area contributed by atoms with Crippen molar-refractivity contribution in [1.29, 1.82) is 0 Å². The van der Waals surface area contributed by atoms with Crippen molar-refractivity contribution in [1.82, 2.24) is 9.99 Å². The maximum absolute atomic E-state index is 12.2. The van der Waals surface area contributed by atoms with Crippen molar-refractivity contribution >= 4 is 28.7 Å². The highest BCUT2D eigenvalue weighted by molar-refractivity contribution is 5.96. The third-order valence-electron chi connectivity index (χ3n) is 5.46. The van der Waals surface area contributed by atoms with Crippen molar-refractivity contribution in [3.8, 4) is 5.75 Å². The maximum Gasteiger partial charge on any atom is 0.271 e. The van der Waals surface area contributed by atoms with Crippen LogP contribution in [0, 0.1) is 0 Å². The van der Waals surface area contributed by atoms with Crippen molar-refractivity contribution in [2.75, 3.05) is 5.73 Å². The van der Waals surface area contributed by atoms with Crippen LogP contribution in [-0.2, 0) is 6.54 Å². The number of nitrogens with two attached hydrogens (primary N) is 1. The van der Waals surface area contributed by atoms with Crippen molar-refractivity contribution in [3.63, 3.8) is 0 Å². The lowest BCUT2D eigenvalue weighted by molar-refractivity contribution is 0.0955. The van der Waals surface area contributed by atoms with E-state index in [9.17, 15) is 9.90 Å². The van der Waals surface area contributed by atoms with Gasteiger partial charge < -0.3 is 15.4 Å². The standard InChI is InChI=1S/C26H26N4O2/c1-17(2)20-6-3-18(4-7-20)16-30-12-11-21-13-19(5-9-24(21)30)15-28-29-26(32)22-8-10-25(31)23(27)14-22/h3-15,17,31H,16,27H2,1-2H3,(H,29,32)/b28-15+. The summed E-state index contributed by atoms with van der Waals surface area (Å²) in [6.07, 6.45) is 3.68. The predicted octanol–water partition coefficient (Wildman–Crippen LogP) is 4.86. The number of amides is 1. The number of anilines is 1. The quantitative estimate of drug-likeness (QED) is 0.178. The lowest BCUT2D eigenvalue weighted by atomic mass is 10.0. The van der Waals surface area contributed by atoms with Gasteiger partial charge in [-0.1, -0.05) is 44.2 Å². The molecule has 0 saturated heterocycles. The lowest BCUT2D eigenvalue weighted by Crippen LogP contribution is -2.17. The molecule has 4 rings (SSSR count). The summed E-state index contributed by atoms with van der Waals surface area (Å²) in [5, 5.41) is 14.6. The second-order valence-corrected chi connectivity index (χ2v) is 8.13. The molecule has 0 aliphatic heterocycles. The number of phenolic OH excluding ortho intramolecular Hbond substituents is 1. The van der Waals surface area contributed by atoms with Crippen LogP contribution >= 0.6 is 0 Å². The van der Waals surface area contributed by atoms with E-state index < -0.39 is 5.91 Å². The molecule has 0 atom stereocenters. The van der Waals surface area contributed by atoms with Gasteiger partial charge in [0.1, 0.15) is 5.75 Å². The molecule has 1 amide bonds. The topological polar surface area (TPSA) is 92.6 Å². The number of benzene rings is 3. The minimum atomic E-state index is -0.399. The van der Waals surface area contributed by atoms with E-state index in [0.717, 1.165) is 23.0 Å². The monoisotopic (exact) mass is 426 g/mol. The molecule has 0 aliphatic carbocycles. The lowest BCUT2D eigenvalue weighted by Gasteiger charge is -2.09. The molecule has 0 fully saturated rings. The van der Waals surface area contributed by atoms with Crippen molar-refractivity contribution in [3.05, 3.63) is 95.2 Å². The summed E-state index contributed by atoms with van der Waals surface area (Å²) in [4.78, 5) is 12.2. The Kier molecular flexibility index (Phi) is 5.94. The normalized spacial score (nSPS) is 11.5. The first-order valence-electron chi connectivity index (χ1n) is 10.5. The molecule has 3 aromatic carbocycles. The molecule has 0 spiro atoms. The van der Waals surface area contributed by atoms with Crippen LogP contribution in [0.5, 0.6) is 5.75 Å². The first kappa shape index (κ1) is 21.2. The molecule has 32 heavy (non-hydrogen) atoms. The van der Waals surface area contributed by atoms with Crippen LogP contribution in [0.15, 0.2) is 78.0 Å². The molecule has 4 N–H and O–H groups in total. The number of phenols is 1. The van der Waals surface area contributed by atoms with Gasteiger partial charge >= 0.3 is 0 Å². The molecule has 4 aromatic rings. The number of hydrogen-bond donors (Lipinski definition) is 3. The van der Waals surface area contributed by atoms with E-state index in [1.54, 1.807) is 6.21 Å². The second kappa shape index (κ2) is 8.98. The van der Waals surface area contributed by atoms with Crippen molar-refractivity contribution < 1.29 is 9.90 Å². The number of aromatic hydroxyl groups is 1. The molecule has 6 heteroatoms. The van der Waals surface area contributed by atoms with Gasteiger partial charge in [-0.05, 0) is 59.0 Å². The molecular formula is C26H26N4O2. The number of rotatable bonds is 6. The van der Waals surface area contributed by atoms with E-state index in [4.69, 9.17) is 5.73 Å². The Morgan fingerprint density at radius 3 is 2.59 bits per heavy atom. The summed E-state index contributed by atoms with van der Waals surface area (Å²) in [6, 6.07) is 21.2. The molecule has 162 valence electrons. The van der Waals surface area contributed by atoms with Gasteiger partial charge in [0, 0.05) is 29.2 Å². The fourth-order valence-corrected chi connectivity index (χ4v) is 3.57. The number of hydrazone groups is 1. The smallest absolute Gasteiger partial charge is 0.271 e. The number of nitrogens with one attached hydrogen (secondary N) is 1. The van der Waals surface area contributed by atoms with Crippen molar-refractivity contribution in [2.24, 2.45) is 5.10 Å². The number of carbonyl (C=O) groups is 1. The van der Waals surface area contributed by atoms with Crippen LogP contribution in [0.25, 0.3) is 10.9 Å². The Hall–Kier alpha value is -4.06. The number of hydrogen-bond acceptors (Lipinski definition) is 4. The zero-order chi connectivity index (χ0) is 22.7. The molecule has 0 unspecified atom stereocenters. The van der Waals surface area contributed by atoms with Crippen LogP contribution in [0.4, 0.5) is 5.69 Å². The van der Waals surface area contributed by atoms with Gasteiger partial charge in [0.25, 0.3) is 5.91 Å². The summed E-state index contributed by atoms with van der Waals surface area (Å²) in [7, 11) is 0. The van der Waals surface area contributed by atoms with Crippen LogP contribution < -0.4 is 11.2 Å². The van der Waals surface area contributed by atoms with Gasteiger partial charge in [0.05, 0.1) is 11.9 Å². The van der Waals surface area contributed by atoms with Crippen LogP contribution in [0.2, 0.25) is 0 Å². The van der Waals surface area contributed by atoms with E-state index in [1.807, 2.05) is 12.1 Å². The Labute approximate surface area is 187 Å². The highest BCUT2D eigenvalue weighted by Crippen LogP contribution is 2.21. The Balaban J connectivity index is 1.44. The van der Waals surface area contributed by atoms with Gasteiger partial charge in [-0.15, -0.1) is 0 Å². The van der Waals surface area contributed by atoms with E-state index >= 15 is 0 Å². The molecule has 6 nitrogen and oxygen atoms in total. The van der Waals surface area contributed by atoms with Gasteiger partial charge in [-0.3, -0.25) is 4.79 Å². The van der Waals surface area contributed by atoms with Crippen LogP contribution in [0.1, 0.15) is 46.8 Å². The van der Waals surface area contributed by atoms with Gasteiger partial charge in [0.2, 0.25) is 0 Å². The van der Waals surface area contributed by atoms with E-state index in [-0.39, 0.29) is 11.4 Å². The molecular weight excluding hydrogens is 400 g/mol. The van der Waals surface area contributed by atoms with Crippen LogP contribution in [0.3, 0.4) is 0 Å². The van der Waals surface area contributed by atoms with E-state index in [2.05, 4.69) is 71.5 Å². The summed E-state index contributed by atoms with van der Waals surface area (Å²) in [5.41, 5.74) is 13.2. The van der Waals surface area contributed by atoms with E-state index in [0.29, 0.717) is 11.5 Å². The average Bonchev–Trinajstić information content (AvgIpc) is 3.18. The number of aromatic nitrogens is 1. The van der Waals surface area contributed by atoms with E-state index in [1.165, 1.54) is 29.3 Å². The van der Waals surface area contributed by atoms with Gasteiger partial charge in [-0.2, -0.15) is 5.10 Å². The summed E-state index contributed by atoms with van der Waals surface area (Å²) >= 11 is 0. The third-order valence-corrected chi connectivity index (χ3v) is 5.46. The molecule has 0 saturated carbocycles. The maximum atomic E-state index is 12.2. The highest BCUT2D eigenvalue weighted by Gasteiger charge is 2.07. The Morgan fingerprint density at radius 1 is 1.09 bits per heavy atom. The fraction of sp³-hybridized carbons (Fsp3) is 0.154. The third kappa shape index (κ3) is 4.64. The number of nitrogens with zero attached hydrogens (tertiary/aromatic N) is 2. The summed E-state index contributed by atoms with van der Waals surface area (Å²) in [6.45, 7) is 5.20. The summed E-state index contributed by atoms with van der Waals surface area (Å²) < 4.78 is 2.22. The highest BCUT2D eigenvalue weighted by atomic mass is 16.3. The fourth-order valence-electron chi connectivity index (χ4n) is 3.57. The number of carbonyl (C=O) groups excluding carboxylic acids is 1. The minimum Gasteiger partial charge on any atom is -0.506 e. The molecule has 1 heterocycles. The average molecular weight is 427 g/mol. The molecule has 0 radical (unpaired) electrons. The summed E-state index contributed by atoms with van der Waals surface area (Å²) in [5.74, 6) is 0.0714. The molecule has 1 aromatic heterocycles. The number of nitrogen functional groups attached to an aromatic ring is 1. The Bertz CT molecular complexity index is 1290. The zero-order valence-electron chi connectivity index (χ0n) is 18.1. The number of fused-ring (bicyclic) bond motifs is 1. The SMILES string of the molecule is CC(C)c1ccc(Cn2ccc3cc(/C=N/NC(=O)c4ccc(O)c(N)c4)ccc32)cc1. The molecule has 0 aliphatic rings.